The van der Waals surface area contributed by atoms with Gasteiger partial charge >= 0.3 is 0 Å². The van der Waals surface area contributed by atoms with Gasteiger partial charge in [-0.05, 0) is 72.7 Å². The van der Waals surface area contributed by atoms with Crippen molar-refractivity contribution in [1.82, 2.24) is 35.6 Å². The second-order valence-corrected chi connectivity index (χ2v) is 19.9. The highest BCUT2D eigenvalue weighted by molar-refractivity contribution is 7.13. The number of nitrogens with one attached hydrogen (secondary N) is 2. The Morgan fingerprint density at radius 2 is 1.72 bits per heavy atom. The average Bonchev–Trinajstić information content (AvgIpc) is 3.73. The van der Waals surface area contributed by atoms with Crippen molar-refractivity contribution < 1.29 is 38.5 Å². The molecule has 0 bridgehead atoms. The quantitative estimate of drug-likeness (QED) is 0.0918. The number of carbonyl (C=O) groups is 4. The van der Waals surface area contributed by atoms with Gasteiger partial charge in [-0.1, -0.05) is 64.1 Å². The number of phenols is 1. The van der Waals surface area contributed by atoms with Gasteiger partial charge in [0, 0.05) is 68.3 Å². The number of likely N-dealkylation sites (tertiary alicyclic amines) is 1. The number of hydrogen-bond acceptors (Lipinski definition) is 13. The molecule has 6 N–H and O–H groups in total. The third-order valence-corrected chi connectivity index (χ3v) is 14.0. The number of aryl methyl sites for hydroxylation is 1. The number of aliphatic hydroxyl groups excluding tert-OH is 1. The standard InChI is InChI=1S/C50H58FN9O7S/c1-29(31-10-12-32(13-11-31)46(64)59-20-18-58(19-21-59)38-24-37(56-57-44(38)52)36-8-6-7-9-40(36)62)27-67-41-22-33(42-30(2)54-28-68-42)14-15-34(41)25-53-45(63)39-23-35(61)26-60(39)47(65)43(49(3,4)5)55-48(66)50(51)16-17-50/h6-15,22,24,28-29,35,39,43,61-62H,16-21,23,25-27H2,1-5H3,(H2,52,57)(H,53,63)(H,55,66)/t29?,35-,39+,43-/m1/s1. The third kappa shape index (κ3) is 10.4. The van der Waals surface area contributed by atoms with Gasteiger partial charge in [-0.25, -0.2) is 9.37 Å². The van der Waals surface area contributed by atoms with Crippen LogP contribution in [0.1, 0.15) is 80.1 Å². The molecule has 8 rings (SSSR count). The fourth-order valence-electron chi connectivity index (χ4n) is 8.64. The summed E-state index contributed by atoms with van der Waals surface area (Å²) in [7, 11) is 0. The number of alkyl halides is 1. The third-order valence-electron chi connectivity index (χ3n) is 13.0. The molecule has 0 radical (unpaired) electrons. The Kier molecular flexibility index (Phi) is 13.7. The Morgan fingerprint density at radius 1 is 1.00 bits per heavy atom. The number of benzene rings is 3. The summed E-state index contributed by atoms with van der Waals surface area (Å²) < 4.78 is 21.2. The first-order valence-corrected chi connectivity index (χ1v) is 23.8. The molecule has 0 spiro atoms. The van der Waals surface area contributed by atoms with Crippen molar-refractivity contribution in [2.75, 3.05) is 50.0 Å². The lowest BCUT2D eigenvalue weighted by Gasteiger charge is -2.36. The molecule has 2 aliphatic heterocycles. The summed E-state index contributed by atoms with van der Waals surface area (Å²) in [6.45, 7) is 11.5. The maximum absolute atomic E-state index is 14.7. The van der Waals surface area contributed by atoms with E-state index in [-0.39, 0.29) is 62.4 Å². The molecule has 1 saturated carbocycles. The van der Waals surface area contributed by atoms with Gasteiger partial charge in [0.05, 0.1) is 40.2 Å². The number of aliphatic hydroxyl groups is 1. The van der Waals surface area contributed by atoms with Crippen molar-refractivity contribution in [3.05, 3.63) is 101 Å². The molecule has 4 amide bonds. The van der Waals surface area contributed by atoms with Crippen molar-refractivity contribution in [1.29, 1.82) is 0 Å². The van der Waals surface area contributed by atoms with E-state index in [1.807, 2.05) is 73.3 Å². The predicted octanol–water partition coefficient (Wildman–Crippen LogP) is 5.62. The summed E-state index contributed by atoms with van der Waals surface area (Å²) in [6, 6.07) is 19.9. The van der Waals surface area contributed by atoms with E-state index < -0.39 is 47.0 Å². The van der Waals surface area contributed by atoms with Gasteiger partial charge in [0.2, 0.25) is 11.8 Å². The van der Waals surface area contributed by atoms with Crippen LogP contribution in [0.25, 0.3) is 21.7 Å². The lowest BCUT2D eigenvalue weighted by Crippen LogP contribution is -2.59. The number of nitrogen functional groups attached to an aromatic ring is 1. The molecule has 2 aromatic heterocycles. The molecule has 1 unspecified atom stereocenters. The molecule has 68 heavy (non-hydrogen) atoms. The molecule has 3 aromatic carbocycles. The summed E-state index contributed by atoms with van der Waals surface area (Å²) in [5.41, 5.74) is 11.0. The highest BCUT2D eigenvalue weighted by atomic mass is 32.1. The van der Waals surface area contributed by atoms with E-state index in [1.165, 1.54) is 16.2 Å². The van der Waals surface area contributed by atoms with Crippen LogP contribution in [0, 0.1) is 12.3 Å². The number of anilines is 2. The topological polar surface area (TPSA) is 216 Å². The minimum atomic E-state index is -1.99. The zero-order chi connectivity index (χ0) is 48.5. The maximum Gasteiger partial charge on any atom is 0.258 e. The van der Waals surface area contributed by atoms with Crippen molar-refractivity contribution >= 4 is 46.5 Å². The first-order chi connectivity index (χ1) is 32.4. The van der Waals surface area contributed by atoms with Gasteiger partial charge in [0.25, 0.3) is 11.8 Å². The first kappa shape index (κ1) is 47.8. The summed E-state index contributed by atoms with van der Waals surface area (Å²) in [5, 5.41) is 34.9. The lowest BCUT2D eigenvalue weighted by molar-refractivity contribution is -0.145. The fourth-order valence-corrected chi connectivity index (χ4v) is 9.44. The van der Waals surface area contributed by atoms with Crippen LogP contribution in [0.5, 0.6) is 11.5 Å². The average molecular weight is 948 g/mol. The Morgan fingerprint density at radius 3 is 2.38 bits per heavy atom. The van der Waals surface area contributed by atoms with Crippen LogP contribution >= 0.6 is 11.3 Å². The molecule has 3 fully saturated rings. The zero-order valence-electron chi connectivity index (χ0n) is 38.9. The van der Waals surface area contributed by atoms with Gasteiger partial charge < -0.3 is 46.0 Å². The van der Waals surface area contributed by atoms with Crippen LogP contribution in [-0.2, 0) is 20.9 Å². The van der Waals surface area contributed by atoms with Crippen LogP contribution in [0.15, 0.2) is 78.3 Å². The van der Waals surface area contributed by atoms with E-state index in [2.05, 4.69) is 30.7 Å². The van der Waals surface area contributed by atoms with Crippen LogP contribution in [0.4, 0.5) is 15.9 Å². The van der Waals surface area contributed by atoms with E-state index in [0.717, 1.165) is 21.7 Å². The minimum absolute atomic E-state index is 0.00430. The Bertz CT molecular complexity index is 2680. The second-order valence-electron chi connectivity index (χ2n) is 19.1. The van der Waals surface area contributed by atoms with E-state index in [0.29, 0.717) is 60.0 Å². The number of hydrogen-bond donors (Lipinski definition) is 5. The molecular formula is C50H58FN9O7S. The van der Waals surface area contributed by atoms with Gasteiger partial charge in [-0.3, -0.25) is 19.2 Å². The number of aromatic hydroxyl groups is 1. The van der Waals surface area contributed by atoms with Crippen molar-refractivity contribution in [3.8, 4) is 33.2 Å². The van der Waals surface area contributed by atoms with E-state index in [1.54, 1.807) is 44.5 Å². The molecule has 2 saturated heterocycles. The second kappa shape index (κ2) is 19.5. The van der Waals surface area contributed by atoms with Gasteiger partial charge in [0.1, 0.15) is 23.6 Å². The molecule has 5 aromatic rings. The Hall–Kier alpha value is -6.66. The number of nitrogens with two attached hydrogens (primary N) is 1. The minimum Gasteiger partial charge on any atom is -0.507 e. The van der Waals surface area contributed by atoms with Crippen LogP contribution in [0.3, 0.4) is 0 Å². The van der Waals surface area contributed by atoms with Crippen molar-refractivity contribution in [3.63, 3.8) is 0 Å². The fraction of sp³-hybridized carbons (Fsp3) is 0.420. The highest BCUT2D eigenvalue weighted by Gasteiger charge is 2.53. The van der Waals surface area contributed by atoms with Crippen LogP contribution < -0.4 is 26.0 Å². The highest BCUT2D eigenvalue weighted by Crippen LogP contribution is 2.41. The number of ether oxygens (including phenoxy) is 1. The largest absolute Gasteiger partial charge is 0.507 e. The molecule has 1 aliphatic carbocycles. The summed E-state index contributed by atoms with van der Waals surface area (Å²) >= 11 is 1.51. The van der Waals surface area contributed by atoms with Gasteiger partial charge in [-0.2, -0.15) is 0 Å². The number of para-hydroxylation sites is 1. The van der Waals surface area contributed by atoms with Crippen molar-refractivity contribution in [2.24, 2.45) is 5.41 Å². The molecule has 358 valence electrons. The van der Waals surface area contributed by atoms with Crippen LogP contribution in [0.2, 0.25) is 0 Å². The number of thiazole rings is 1. The van der Waals surface area contributed by atoms with E-state index in [4.69, 9.17) is 10.5 Å². The SMILES string of the molecule is Cc1ncsc1-c1ccc(CNC(=O)[C@@H]2C[C@@H](O)CN2C(=O)[C@@H](NC(=O)C2(F)CC2)C(C)(C)C)c(OCC(C)c2ccc(C(=O)N3CCN(c4cc(-c5ccccc5O)nnc4N)CC3)cc2)c1. The zero-order valence-corrected chi connectivity index (χ0v) is 39.7. The lowest BCUT2D eigenvalue weighted by atomic mass is 9.85. The number of amides is 4. The molecule has 3 aliphatic rings. The smallest absolute Gasteiger partial charge is 0.258 e. The number of phenolic OH excluding ortho intramolecular Hbond substituents is 1. The first-order valence-electron chi connectivity index (χ1n) is 22.9. The number of aromatic nitrogens is 3. The summed E-state index contributed by atoms with van der Waals surface area (Å²) in [6.07, 6.45) is -0.766. The van der Waals surface area contributed by atoms with E-state index in [9.17, 15) is 33.8 Å². The molecule has 18 heteroatoms. The number of β-amino-alcohol motifs (C(OH)–C–C–N with tert-alkyl or cyclic N) is 1. The Balaban J connectivity index is 0.902. The van der Waals surface area contributed by atoms with Gasteiger partial charge in [-0.15, -0.1) is 21.5 Å². The number of carbonyl (C=O) groups excluding carboxylic acids is 4. The van der Waals surface area contributed by atoms with Crippen molar-refractivity contribution in [2.45, 2.75) is 90.2 Å². The maximum atomic E-state index is 14.7. The number of halogens is 1. The number of nitrogens with zero attached hydrogens (tertiary/aromatic N) is 6. The molecule has 16 nitrogen and oxygen atoms in total. The van der Waals surface area contributed by atoms with E-state index >= 15 is 0 Å². The molecule has 4 heterocycles. The number of rotatable bonds is 14. The molecular weight excluding hydrogens is 890 g/mol. The predicted molar refractivity (Wildman–Crippen MR) is 257 cm³/mol. The summed E-state index contributed by atoms with van der Waals surface area (Å²) in [5.74, 6) is -1.14. The Labute approximate surface area is 398 Å². The number of piperazine rings is 1. The molecule has 4 atom stereocenters. The normalized spacial score (nSPS) is 18.7. The van der Waals surface area contributed by atoms with Gasteiger partial charge in [0.15, 0.2) is 11.5 Å². The monoisotopic (exact) mass is 947 g/mol. The summed E-state index contributed by atoms with van der Waals surface area (Å²) in [4.78, 5) is 64.8. The van der Waals surface area contributed by atoms with Crippen LogP contribution in [-0.4, -0.2) is 122 Å².